The molecule has 1 aliphatic heterocycles. The number of thiophene rings is 1. The molecule has 1 saturated heterocycles. The van der Waals surface area contributed by atoms with Gasteiger partial charge in [-0.05, 0) is 24.6 Å². The van der Waals surface area contributed by atoms with Crippen LogP contribution in [0.2, 0.25) is 4.34 Å². The molecule has 0 aliphatic carbocycles. The van der Waals surface area contributed by atoms with Crippen LogP contribution < -0.4 is 5.32 Å². The van der Waals surface area contributed by atoms with Crippen molar-refractivity contribution in [2.75, 3.05) is 38.0 Å². The first-order valence-electron chi connectivity index (χ1n) is 8.69. The number of piperazine rings is 1. The first-order chi connectivity index (χ1) is 13.7. The van der Waals surface area contributed by atoms with E-state index in [1.54, 1.807) is 19.1 Å². The smallest absolute Gasteiger partial charge is 0.271 e. The highest BCUT2D eigenvalue weighted by Gasteiger charge is 2.30. The Morgan fingerprint density at radius 1 is 1.24 bits per heavy atom. The maximum atomic E-state index is 12.6. The first-order valence-corrected chi connectivity index (χ1v) is 11.3. The van der Waals surface area contributed by atoms with Crippen LogP contribution in [0.15, 0.2) is 34.5 Å². The number of sulfonamides is 1. The van der Waals surface area contributed by atoms with Gasteiger partial charge < -0.3 is 5.32 Å². The van der Waals surface area contributed by atoms with E-state index in [-0.39, 0.29) is 35.4 Å². The van der Waals surface area contributed by atoms with Gasteiger partial charge in [0.2, 0.25) is 5.91 Å². The van der Waals surface area contributed by atoms with Gasteiger partial charge in [0.25, 0.3) is 15.7 Å². The fraction of sp³-hybridized carbons (Fsp3) is 0.353. The second-order valence-corrected chi connectivity index (χ2v) is 10.4. The summed E-state index contributed by atoms with van der Waals surface area (Å²) in [5.74, 6) is -0.310. The number of hydrogen-bond donors (Lipinski definition) is 1. The van der Waals surface area contributed by atoms with Gasteiger partial charge in [0.1, 0.15) is 4.21 Å². The highest BCUT2D eigenvalue weighted by atomic mass is 35.5. The van der Waals surface area contributed by atoms with Crippen LogP contribution in [0.4, 0.5) is 11.4 Å². The van der Waals surface area contributed by atoms with E-state index in [1.165, 1.54) is 22.5 Å². The zero-order valence-corrected chi connectivity index (χ0v) is 17.9. The van der Waals surface area contributed by atoms with E-state index in [1.807, 2.05) is 4.90 Å². The molecule has 9 nitrogen and oxygen atoms in total. The van der Waals surface area contributed by atoms with Gasteiger partial charge in [0.05, 0.1) is 21.5 Å². The van der Waals surface area contributed by atoms with E-state index in [4.69, 9.17) is 11.6 Å². The van der Waals surface area contributed by atoms with Crippen LogP contribution in [0.1, 0.15) is 5.56 Å². The van der Waals surface area contributed by atoms with Gasteiger partial charge in [-0.1, -0.05) is 17.7 Å². The third kappa shape index (κ3) is 5.11. The average Bonchev–Trinajstić information content (AvgIpc) is 3.11. The molecule has 2 heterocycles. The molecule has 1 amide bonds. The van der Waals surface area contributed by atoms with E-state index in [2.05, 4.69) is 5.32 Å². The molecular formula is C17H19ClN4O5S2. The molecule has 0 atom stereocenters. The summed E-state index contributed by atoms with van der Waals surface area (Å²) in [5, 5.41) is 13.6. The van der Waals surface area contributed by atoms with Crippen LogP contribution in [-0.4, -0.2) is 61.2 Å². The number of aryl methyl sites for hydroxylation is 1. The van der Waals surface area contributed by atoms with Gasteiger partial charge in [-0.15, -0.1) is 11.3 Å². The van der Waals surface area contributed by atoms with Gasteiger partial charge in [0, 0.05) is 38.3 Å². The van der Waals surface area contributed by atoms with Gasteiger partial charge >= 0.3 is 0 Å². The van der Waals surface area contributed by atoms with Crippen LogP contribution in [-0.2, 0) is 14.8 Å². The number of anilines is 1. The molecule has 1 N–H and O–H groups in total. The van der Waals surface area contributed by atoms with Crippen molar-refractivity contribution in [3.8, 4) is 0 Å². The lowest BCUT2D eigenvalue weighted by atomic mass is 10.2. The van der Waals surface area contributed by atoms with E-state index >= 15 is 0 Å². The Morgan fingerprint density at radius 2 is 1.93 bits per heavy atom. The van der Waals surface area contributed by atoms with Gasteiger partial charge in [-0.2, -0.15) is 4.31 Å². The van der Waals surface area contributed by atoms with E-state index in [9.17, 15) is 23.3 Å². The number of nitrogens with zero attached hydrogens (tertiary/aromatic N) is 3. The highest BCUT2D eigenvalue weighted by molar-refractivity contribution is 7.91. The molecule has 0 spiro atoms. The van der Waals surface area contributed by atoms with Crippen LogP contribution >= 0.6 is 22.9 Å². The standard InChI is InChI=1S/C17H19ClN4O5S2/c1-12-2-3-13(22(24)25)10-14(12)19-16(23)11-20-6-8-21(9-7-20)29(26,27)17-5-4-15(18)28-17/h2-5,10H,6-9,11H2,1H3,(H,19,23). The topological polar surface area (TPSA) is 113 Å². The van der Waals surface area contributed by atoms with Crippen molar-refractivity contribution in [2.45, 2.75) is 11.1 Å². The Labute approximate surface area is 177 Å². The number of rotatable bonds is 6. The Bertz CT molecular complexity index is 1030. The first kappa shape index (κ1) is 21.7. The van der Waals surface area contributed by atoms with Crippen molar-refractivity contribution in [3.05, 3.63) is 50.3 Å². The van der Waals surface area contributed by atoms with Crippen molar-refractivity contribution in [3.63, 3.8) is 0 Å². The monoisotopic (exact) mass is 458 g/mol. The largest absolute Gasteiger partial charge is 0.324 e. The molecule has 0 radical (unpaired) electrons. The lowest BCUT2D eigenvalue weighted by Gasteiger charge is -2.33. The number of non-ortho nitro benzene ring substituents is 1. The minimum Gasteiger partial charge on any atom is -0.324 e. The van der Waals surface area contributed by atoms with Gasteiger partial charge in [-0.25, -0.2) is 8.42 Å². The summed E-state index contributed by atoms with van der Waals surface area (Å²) in [7, 11) is -3.58. The molecule has 1 aromatic carbocycles. The Kier molecular flexibility index (Phi) is 6.54. The summed E-state index contributed by atoms with van der Waals surface area (Å²) in [6.07, 6.45) is 0. The van der Waals surface area contributed by atoms with E-state index in [0.29, 0.717) is 23.1 Å². The highest BCUT2D eigenvalue weighted by Crippen LogP contribution is 2.28. The molecular weight excluding hydrogens is 440 g/mol. The summed E-state index contributed by atoms with van der Waals surface area (Å²) in [4.78, 5) is 24.6. The van der Waals surface area contributed by atoms with Crippen molar-refractivity contribution >= 4 is 50.2 Å². The van der Waals surface area contributed by atoms with Crippen LogP contribution in [0, 0.1) is 17.0 Å². The Hall–Kier alpha value is -2.05. The Balaban J connectivity index is 1.56. The number of benzene rings is 1. The number of carbonyl (C=O) groups is 1. The van der Waals surface area contributed by atoms with Crippen molar-refractivity contribution < 1.29 is 18.1 Å². The van der Waals surface area contributed by atoms with Crippen molar-refractivity contribution in [1.29, 1.82) is 0 Å². The minimum atomic E-state index is -3.58. The third-order valence-corrected chi connectivity index (χ3v) is 8.14. The maximum Gasteiger partial charge on any atom is 0.271 e. The molecule has 0 bridgehead atoms. The average molecular weight is 459 g/mol. The number of hydrogen-bond acceptors (Lipinski definition) is 7. The van der Waals surface area contributed by atoms with Gasteiger partial charge in [0.15, 0.2) is 0 Å². The number of nitro benzene ring substituents is 1. The van der Waals surface area contributed by atoms with E-state index in [0.717, 1.165) is 16.9 Å². The molecule has 1 aromatic heterocycles. The summed E-state index contributed by atoms with van der Waals surface area (Å²) >= 11 is 6.85. The fourth-order valence-electron chi connectivity index (χ4n) is 2.94. The van der Waals surface area contributed by atoms with E-state index < -0.39 is 14.9 Å². The lowest BCUT2D eigenvalue weighted by molar-refractivity contribution is -0.384. The minimum absolute atomic E-state index is 0.0703. The SMILES string of the molecule is Cc1ccc([N+](=O)[O-])cc1NC(=O)CN1CCN(S(=O)(=O)c2ccc(Cl)s2)CC1. The summed E-state index contributed by atoms with van der Waals surface area (Å²) in [5.41, 5.74) is 1.01. The predicted molar refractivity (Wildman–Crippen MR) is 111 cm³/mol. The third-order valence-electron chi connectivity index (χ3n) is 4.55. The quantitative estimate of drug-likeness (QED) is 0.525. The van der Waals surface area contributed by atoms with Crippen molar-refractivity contribution in [2.24, 2.45) is 0 Å². The molecule has 1 aliphatic rings. The lowest BCUT2D eigenvalue weighted by Crippen LogP contribution is -2.50. The second-order valence-electron chi connectivity index (χ2n) is 6.54. The molecule has 12 heteroatoms. The maximum absolute atomic E-state index is 12.6. The molecule has 3 rings (SSSR count). The van der Waals surface area contributed by atoms with Gasteiger partial charge in [-0.3, -0.25) is 19.8 Å². The molecule has 1 fully saturated rings. The molecule has 2 aromatic rings. The summed E-state index contributed by atoms with van der Waals surface area (Å²) in [6, 6.07) is 7.32. The number of nitrogens with one attached hydrogen (secondary N) is 1. The number of amides is 1. The zero-order valence-electron chi connectivity index (χ0n) is 15.5. The van der Waals surface area contributed by atoms with Crippen LogP contribution in [0.5, 0.6) is 0 Å². The number of carbonyl (C=O) groups excluding carboxylic acids is 1. The molecule has 29 heavy (non-hydrogen) atoms. The van der Waals surface area contributed by atoms with Crippen LogP contribution in [0.3, 0.4) is 0 Å². The normalized spacial score (nSPS) is 15.9. The molecule has 0 saturated carbocycles. The van der Waals surface area contributed by atoms with Crippen LogP contribution in [0.25, 0.3) is 0 Å². The van der Waals surface area contributed by atoms with Crippen molar-refractivity contribution in [1.82, 2.24) is 9.21 Å². The number of halogens is 1. The second kappa shape index (κ2) is 8.76. The fourth-order valence-corrected chi connectivity index (χ4v) is 6.00. The number of nitro groups is 1. The zero-order chi connectivity index (χ0) is 21.2. The Morgan fingerprint density at radius 3 is 2.52 bits per heavy atom. The molecule has 0 unspecified atom stereocenters. The summed E-state index contributed by atoms with van der Waals surface area (Å²) in [6.45, 7) is 3.15. The predicted octanol–water partition coefficient (Wildman–Crippen LogP) is 2.56. The molecule has 156 valence electrons. The summed E-state index contributed by atoms with van der Waals surface area (Å²) < 4.78 is 27.2.